The Morgan fingerprint density at radius 2 is 0.485 bits per heavy atom. The van der Waals surface area contributed by atoms with Crippen molar-refractivity contribution in [2.75, 3.05) is 39.6 Å². The van der Waals surface area contributed by atoms with E-state index in [1.54, 1.807) is 0 Å². The van der Waals surface area contributed by atoms with Crippen LogP contribution in [-0.2, 0) is 55.8 Å². The van der Waals surface area contributed by atoms with Gasteiger partial charge in [0.25, 0.3) is 0 Å². The Kier molecular flexibility index (Phi) is 71.9. The molecule has 0 aromatic carbocycles. The van der Waals surface area contributed by atoms with Gasteiger partial charge in [0, 0.05) is 19.3 Å². The molecule has 5 atom stereocenters. The van der Waals surface area contributed by atoms with E-state index in [9.17, 15) is 43.5 Å². The largest absolute Gasteiger partial charge is 0.472 e. The highest BCUT2D eigenvalue weighted by Crippen LogP contribution is 2.45. The van der Waals surface area contributed by atoms with E-state index in [0.717, 1.165) is 167 Å². The molecule has 0 bridgehead atoms. The number of hydrogen-bond donors (Lipinski definition) is 4. The van der Waals surface area contributed by atoms with Gasteiger partial charge in [-0.1, -0.05) is 279 Å². The number of phosphoric acid groups is 2. The van der Waals surface area contributed by atoms with E-state index in [1.807, 2.05) is 0 Å². The first kappa shape index (κ1) is 97.4. The minimum Gasteiger partial charge on any atom is -0.463 e. The van der Waals surface area contributed by atoms with Crippen LogP contribution in [0.3, 0.4) is 0 Å². The molecule has 18 heteroatoms. The quantitative estimate of drug-likeness (QED) is 0.0146. The van der Waals surface area contributed by atoms with E-state index in [4.69, 9.17) is 32.3 Å². The van der Waals surface area contributed by atoms with Crippen molar-refractivity contribution in [1.82, 2.24) is 0 Å². The Labute approximate surface area is 623 Å². The number of aliphatic hydroxyl groups is 2. The molecule has 582 valence electrons. The predicted molar refractivity (Wildman–Crippen MR) is 426 cm³/mol. The number of carbonyl (C=O) groups is 3. The lowest BCUT2D eigenvalue weighted by Gasteiger charge is -2.21. The van der Waals surface area contributed by atoms with E-state index in [-0.39, 0.29) is 19.3 Å². The maximum absolute atomic E-state index is 13.0. The highest BCUT2D eigenvalue weighted by atomic mass is 31.2. The van der Waals surface area contributed by atoms with Crippen molar-refractivity contribution >= 4 is 33.6 Å². The van der Waals surface area contributed by atoms with E-state index >= 15 is 0 Å². The molecule has 0 saturated carbocycles. The van der Waals surface area contributed by atoms with E-state index < -0.39 is 91.5 Å². The third-order valence-corrected chi connectivity index (χ3v) is 17.2. The molecule has 0 spiro atoms. The van der Waals surface area contributed by atoms with Crippen molar-refractivity contribution in [3.8, 4) is 0 Å². The second-order valence-electron chi connectivity index (χ2n) is 25.0. The molecular weight excluding hydrogens is 1340 g/mol. The van der Waals surface area contributed by atoms with Crippen LogP contribution in [0.25, 0.3) is 0 Å². The van der Waals surface area contributed by atoms with Crippen molar-refractivity contribution in [3.05, 3.63) is 194 Å². The normalized spacial score (nSPS) is 15.1. The van der Waals surface area contributed by atoms with Crippen LogP contribution in [0.5, 0.6) is 0 Å². The summed E-state index contributed by atoms with van der Waals surface area (Å²) >= 11 is 0. The number of phosphoric ester groups is 2. The van der Waals surface area contributed by atoms with Gasteiger partial charge in [-0.05, 0) is 161 Å². The van der Waals surface area contributed by atoms with Crippen LogP contribution in [0.15, 0.2) is 194 Å². The molecule has 0 saturated heterocycles. The summed E-state index contributed by atoms with van der Waals surface area (Å²) in [6.45, 7) is 2.22. The topological polar surface area (TPSA) is 231 Å². The zero-order valence-electron chi connectivity index (χ0n) is 63.4. The molecule has 0 amide bonds. The van der Waals surface area contributed by atoms with Gasteiger partial charge >= 0.3 is 33.6 Å². The minimum absolute atomic E-state index is 0.0471. The summed E-state index contributed by atoms with van der Waals surface area (Å²) in [5.41, 5.74) is 0. The number of aliphatic hydroxyl groups excluding tert-OH is 2. The lowest BCUT2D eigenvalue weighted by atomic mass is 10.0. The van der Waals surface area contributed by atoms with Crippen molar-refractivity contribution in [3.63, 3.8) is 0 Å². The summed E-state index contributed by atoms with van der Waals surface area (Å²) in [5.74, 6) is -1.68. The first-order valence-corrected chi connectivity index (χ1v) is 41.7. The highest BCUT2D eigenvalue weighted by molar-refractivity contribution is 7.47. The zero-order chi connectivity index (χ0) is 75.2. The second-order valence-corrected chi connectivity index (χ2v) is 27.9. The molecule has 0 aromatic heterocycles. The summed E-state index contributed by atoms with van der Waals surface area (Å²) in [5, 5.41) is 20.6. The van der Waals surface area contributed by atoms with E-state index in [1.165, 1.54) is 38.5 Å². The average molecular weight is 1480 g/mol. The van der Waals surface area contributed by atoms with Crippen LogP contribution in [0.2, 0.25) is 0 Å². The Balaban J connectivity index is 4.71. The van der Waals surface area contributed by atoms with Gasteiger partial charge in [0.2, 0.25) is 0 Å². The summed E-state index contributed by atoms with van der Waals surface area (Å²) in [4.78, 5) is 58.7. The molecule has 0 aliphatic carbocycles. The van der Waals surface area contributed by atoms with Crippen LogP contribution >= 0.6 is 15.6 Å². The molecular formula is C85H136O16P2. The Hall–Kier alpha value is -5.61. The van der Waals surface area contributed by atoms with Gasteiger partial charge < -0.3 is 34.2 Å². The van der Waals surface area contributed by atoms with E-state index in [2.05, 4.69) is 215 Å². The maximum Gasteiger partial charge on any atom is 0.472 e. The Bertz CT molecular complexity index is 2650. The summed E-state index contributed by atoms with van der Waals surface area (Å²) in [7, 11) is -9.83. The van der Waals surface area contributed by atoms with Crippen molar-refractivity contribution in [2.45, 2.75) is 283 Å². The van der Waals surface area contributed by atoms with Crippen LogP contribution in [-0.4, -0.2) is 95.9 Å². The van der Waals surface area contributed by atoms with Gasteiger partial charge in [-0.25, -0.2) is 9.13 Å². The average Bonchev–Trinajstić information content (AvgIpc) is 0.936. The molecule has 0 heterocycles. The Morgan fingerprint density at radius 1 is 0.272 bits per heavy atom. The molecule has 0 aromatic rings. The fourth-order valence-corrected chi connectivity index (χ4v) is 11.1. The smallest absolute Gasteiger partial charge is 0.463 e. The molecule has 16 nitrogen and oxygen atoms in total. The SMILES string of the molecule is CC/C=C\C/C=C\C/C=C\C/C=C\C/C=C\C/C=C\CCCCC(=O)OCC(COP(=O)(O)OCC(O)COP(=O)(O)OCC(O)COC(=O)CCCCCCCCCCCCC/C=C\C/C=C\C/C=C\C/C=C\C/C=C\CC)OC(=O)CCCCC/C=C\C/C=C\C/C=C\C/C=C\C/C=C\CC. The maximum atomic E-state index is 13.0. The number of esters is 3. The molecule has 0 fully saturated rings. The summed E-state index contributed by atoms with van der Waals surface area (Å²) in [6, 6.07) is 0. The lowest BCUT2D eigenvalue weighted by Crippen LogP contribution is -2.30. The van der Waals surface area contributed by atoms with E-state index in [0.29, 0.717) is 19.3 Å². The van der Waals surface area contributed by atoms with Crippen molar-refractivity contribution in [1.29, 1.82) is 0 Å². The number of allylic oxidation sites excluding steroid dienone is 32. The molecule has 4 N–H and O–H groups in total. The summed E-state index contributed by atoms with van der Waals surface area (Å²) < 4.78 is 61.1. The monoisotopic (exact) mass is 1470 g/mol. The van der Waals surface area contributed by atoms with Gasteiger partial charge in [-0.15, -0.1) is 0 Å². The van der Waals surface area contributed by atoms with Crippen LogP contribution in [0.1, 0.15) is 265 Å². The number of unbranched alkanes of at least 4 members (excludes halogenated alkanes) is 16. The van der Waals surface area contributed by atoms with Gasteiger partial charge in [0.1, 0.15) is 25.4 Å². The van der Waals surface area contributed by atoms with Gasteiger partial charge in [0.05, 0.1) is 26.4 Å². The molecule has 0 rings (SSSR count). The number of rotatable bonds is 71. The molecule has 0 aliphatic heterocycles. The second kappa shape index (κ2) is 76.1. The van der Waals surface area contributed by atoms with Gasteiger partial charge in [0.15, 0.2) is 6.10 Å². The van der Waals surface area contributed by atoms with Gasteiger partial charge in [-0.3, -0.25) is 32.5 Å². The zero-order valence-corrected chi connectivity index (χ0v) is 65.2. The third-order valence-electron chi connectivity index (χ3n) is 15.3. The van der Waals surface area contributed by atoms with Crippen LogP contribution in [0.4, 0.5) is 0 Å². The van der Waals surface area contributed by atoms with Gasteiger partial charge in [-0.2, -0.15) is 0 Å². The molecule has 5 unspecified atom stereocenters. The van der Waals surface area contributed by atoms with Crippen molar-refractivity contribution < 1.29 is 75.8 Å². The fourth-order valence-electron chi connectivity index (χ4n) is 9.51. The fraction of sp³-hybridized carbons (Fsp3) is 0.588. The predicted octanol–water partition coefficient (Wildman–Crippen LogP) is 22.8. The Morgan fingerprint density at radius 3 is 0.796 bits per heavy atom. The first-order valence-electron chi connectivity index (χ1n) is 38.7. The van der Waals surface area contributed by atoms with Crippen LogP contribution < -0.4 is 0 Å². The molecule has 103 heavy (non-hydrogen) atoms. The lowest BCUT2D eigenvalue weighted by molar-refractivity contribution is -0.161. The summed E-state index contributed by atoms with van der Waals surface area (Å²) in [6.07, 6.45) is 99.1. The molecule has 0 aliphatic rings. The van der Waals surface area contributed by atoms with Crippen LogP contribution in [0, 0.1) is 0 Å². The number of ether oxygens (including phenoxy) is 3. The minimum atomic E-state index is -4.96. The molecule has 0 radical (unpaired) electrons. The third kappa shape index (κ3) is 77.3. The highest BCUT2D eigenvalue weighted by Gasteiger charge is 2.29. The van der Waals surface area contributed by atoms with Crippen molar-refractivity contribution in [2.24, 2.45) is 0 Å². The first-order chi connectivity index (χ1) is 50.2. The standard InChI is InChI=1S/C85H136O16P2/c1-4-7-10-13-16-19-22-25-28-31-34-36-37-38-39-40-41-43-46-47-50-53-56-59-62-65-68-71-83(88)95-74-80(86)75-97-102(91,92)98-76-81(87)77-99-103(93,94)100-79-82(101-85(90)73-70-67-64-61-58-55-52-49-44-33-30-27-24-21-18-15-12-9-6-3)78-96-84(89)72-69-66-63-60-57-54-51-48-45-42-35-32-29-26-23-20-17-14-11-8-5-2/h7-12,16-21,25-30,34-36,38-39,42,44,48-49,51,55,57-58,60,80-82,86-87H,4-6,13-15,22-24,31-33,37,40-41,43,45-47,50,52-54,56,59,61-79H2,1-3H3,(H,91,92)(H,93,94)/b10-7-,11-8-,12-9-,19-16-,20-17-,21-18-,28-25-,29-26-,30-27-,36-34-,39-38-,42-35-,49-44-,51-48-,58-55-,60-57-. The number of carbonyl (C=O) groups excluding carboxylic acids is 3. The number of hydrogen-bond acceptors (Lipinski definition) is 14.